The number of hydrogen-bond acceptors (Lipinski definition) is 7. The third-order valence-electron chi connectivity index (χ3n) is 3.15. The topological polar surface area (TPSA) is 115 Å². The van der Waals surface area contributed by atoms with Crippen LogP contribution in [-0.4, -0.2) is 69.8 Å². The Morgan fingerprint density at radius 3 is 2.65 bits per heavy atom. The fourth-order valence-electron chi connectivity index (χ4n) is 2.02. The van der Waals surface area contributed by atoms with E-state index in [0.717, 1.165) is 12.3 Å². The first-order chi connectivity index (χ1) is 9.28. The molecule has 0 aliphatic carbocycles. The molecule has 4 atom stereocenters. The Balaban J connectivity index is 2.35. The lowest BCUT2D eigenvalue weighted by Gasteiger charge is -2.36. The van der Waals surface area contributed by atoms with Crippen LogP contribution in [0.5, 0.6) is 0 Å². The van der Waals surface area contributed by atoms with Crippen LogP contribution in [0.3, 0.4) is 0 Å². The molecule has 2 aliphatic heterocycles. The van der Waals surface area contributed by atoms with E-state index >= 15 is 0 Å². The van der Waals surface area contributed by atoms with Crippen LogP contribution in [-0.2, 0) is 9.53 Å². The van der Waals surface area contributed by atoms with Gasteiger partial charge in [0, 0.05) is 12.3 Å². The van der Waals surface area contributed by atoms with Crippen LogP contribution >= 0.6 is 0 Å². The Hall–Kier alpha value is -1.62. The second-order valence-electron chi connectivity index (χ2n) is 4.35. The van der Waals surface area contributed by atoms with Crippen LogP contribution in [0.1, 0.15) is 0 Å². The molecular weight excluding hydrogens is 280 g/mol. The monoisotopic (exact) mass is 293 g/mol. The Labute approximate surface area is 112 Å². The minimum Gasteiger partial charge on any atom is -0.391 e. The number of ether oxygens (including phenoxy) is 1. The number of carbonyl (C=O) groups is 1. The van der Waals surface area contributed by atoms with Gasteiger partial charge < -0.3 is 30.3 Å². The number of hydrogen-bond donors (Lipinski definition) is 4. The number of aliphatic hydroxyl groups excluding tert-OH is 3. The average molecular weight is 293 g/mol. The summed E-state index contributed by atoms with van der Waals surface area (Å²) in [6.45, 7) is 1.99. The summed E-state index contributed by atoms with van der Waals surface area (Å²) in [6, 6.07) is 0. The Kier molecular flexibility index (Phi) is 3.50. The first-order valence-corrected chi connectivity index (χ1v) is 5.55. The number of halogens is 2. The third kappa shape index (κ3) is 1.97. The molecule has 1 amide bonds. The van der Waals surface area contributed by atoms with E-state index < -0.39 is 42.8 Å². The lowest BCUT2D eigenvalue weighted by atomic mass is 10.0. The van der Waals surface area contributed by atoms with Gasteiger partial charge in [-0.2, -0.15) is 8.78 Å². The molecule has 4 unspecified atom stereocenters. The number of rotatable bonds is 3. The van der Waals surface area contributed by atoms with Gasteiger partial charge in [0.2, 0.25) is 24.2 Å². The van der Waals surface area contributed by atoms with Crippen LogP contribution in [0.25, 0.3) is 0 Å². The van der Waals surface area contributed by atoms with E-state index in [0.29, 0.717) is 4.90 Å². The standard InChI is InChI=1S/C10H13F2N3O5/c1-13-9(4-16)6(18)10(11,12)7(20-9)15-3-2-5(17)14-8(15)19/h2-3,6-8,16,18-19H,1,4H2,(H,14,17). The van der Waals surface area contributed by atoms with E-state index in [4.69, 9.17) is 9.84 Å². The van der Waals surface area contributed by atoms with Crippen molar-refractivity contribution in [1.29, 1.82) is 0 Å². The lowest BCUT2D eigenvalue weighted by molar-refractivity contribution is -0.201. The number of nitrogens with zero attached hydrogens (tertiary/aromatic N) is 2. The highest BCUT2D eigenvalue weighted by Crippen LogP contribution is 2.44. The molecule has 0 aromatic rings. The van der Waals surface area contributed by atoms with Gasteiger partial charge in [-0.15, -0.1) is 0 Å². The SMILES string of the molecule is C=NC1(CO)OC(N2C=CC(=O)NC2O)C(F)(F)C1O. The van der Waals surface area contributed by atoms with Crippen molar-refractivity contribution >= 4 is 12.6 Å². The molecule has 4 N–H and O–H groups in total. The van der Waals surface area contributed by atoms with E-state index in [1.807, 2.05) is 5.32 Å². The van der Waals surface area contributed by atoms with Crippen molar-refractivity contribution < 1.29 is 33.6 Å². The van der Waals surface area contributed by atoms with Crippen molar-refractivity contribution in [3.63, 3.8) is 0 Å². The first-order valence-electron chi connectivity index (χ1n) is 5.55. The molecule has 0 bridgehead atoms. The Morgan fingerprint density at radius 2 is 2.20 bits per heavy atom. The highest BCUT2D eigenvalue weighted by molar-refractivity contribution is 5.88. The number of carbonyl (C=O) groups excluding carboxylic acids is 1. The minimum absolute atomic E-state index is 0.590. The summed E-state index contributed by atoms with van der Waals surface area (Å²) in [5.41, 5.74) is -2.30. The van der Waals surface area contributed by atoms with Crippen LogP contribution in [0, 0.1) is 0 Å². The zero-order valence-electron chi connectivity index (χ0n) is 10.1. The number of amides is 1. The van der Waals surface area contributed by atoms with Crippen LogP contribution in [0.2, 0.25) is 0 Å². The van der Waals surface area contributed by atoms with Crippen molar-refractivity contribution in [1.82, 2.24) is 10.2 Å². The fourth-order valence-corrected chi connectivity index (χ4v) is 2.02. The van der Waals surface area contributed by atoms with Gasteiger partial charge in [0.05, 0.1) is 6.61 Å². The van der Waals surface area contributed by atoms with E-state index in [9.17, 15) is 23.8 Å². The maximum absolute atomic E-state index is 14.1. The summed E-state index contributed by atoms with van der Waals surface area (Å²) < 4.78 is 33.0. The summed E-state index contributed by atoms with van der Waals surface area (Å²) in [4.78, 5) is 14.8. The molecule has 0 saturated carbocycles. The molecular formula is C10H13F2N3O5. The number of nitrogens with one attached hydrogen (secondary N) is 1. The first kappa shape index (κ1) is 14.8. The second-order valence-corrected chi connectivity index (χ2v) is 4.35. The maximum atomic E-state index is 14.1. The predicted octanol–water partition coefficient (Wildman–Crippen LogP) is -2.05. The number of alkyl halides is 2. The molecule has 1 fully saturated rings. The van der Waals surface area contributed by atoms with Gasteiger partial charge in [0.1, 0.15) is 0 Å². The molecule has 2 heterocycles. The van der Waals surface area contributed by atoms with Gasteiger partial charge in [0.25, 0.3) is 0 Å². The molecule has 112 valence electrons. The van der Waals surface area contributed by atoms with E-state index in [-0.39, 0.29) is 0 Å². The van der Waals surface area contributed by atoms with Crippen molar-refractivity contribution in [2.45, 2.75) is 30.3 Å². The van der Waals surface area contributed by atoms with Gasteiger partial charge in [0.15, 0.2) is 6.10 Å². The third-order valence-corrected chi connectivity index (χ3v) is 3.15. The summed E-state index contributed by atoms with van der Waals surface area (Å²) >= 11 is 0. The number of aliphatic imine (C=N–C) groups is 1. The minimum atomic E-state index is -3.86. The van der Waals surface area contributed by atoms with Crippen molar-refractivity contribution in [3.05, 3.63) is 12.3 Å². The molecule has 0 aromatic carbocycles. The van der Waals surface area contributed by atoms with Gasteiger partial charge >= 0.3 is 5.92 Å². The summed E-state index contributed by atoms with van der Waals surface area (Å²) in [5.74, 6) is -4.54. The van der Waals surface area contributed by atoms with Crippen molar-refractivity contribution in [2.24, 2.45) is 4.99 Å². The predicted molar refractivity (Wildman–Crippen MR) is 60.3 cm³/mol. The smallest absolute Gasteiger partial charge is 0.322 e. The zero-order valence-corrected chi connectivity index (χ0v) is 10.1. The molecule has 2 rings (SSSR count). The lowest BCUT2D eigenvalue weighted by Crippen LogP contribution is -2.57. The quantitative estimate of drug-likeness (QED) is 0.445. The summed E-state index contributed by atoms with van der Waals surface area (Å²) in [7, 11) is 0. The Morgan fingerprint density at radius 1 is 1.55 bits per heavy atom. The Bertz CT molecular complexity index is 460. The molecule has 8 nitrogen and oxygen atoms in total. The normalized spacial score (nSPS) is 39.8. The largest absolute Gasteiger partial charge is 0.391 e. The van der Waals surface area contributed by atoms with Gasteiger partial charge in [-0.3, -0.25) is 9.79 Å². The molecule has 2 aliphatic rings. The molecule has 0 radical (unpaired) electrons. The van der Waals surface area contributed by atoms with Crippen molar-refractivity contribution in [3.8, 4) is 0 Å². The zero-order chi connectivity index (χ0) is 15.1. The van der Waals surface area contributed by atoms with Crippen LogP contribution in [0.4, 0.5) is 8.78 Å². The van der Waals surface area contributed by atoms with E-state index in [1.165, 1.54) is 0 Å². The summed E-state index contributed by atoms with van der Waals surface area (Å²) in [6.07, 6.45) is -4.57. The van der Waals surface area contributed by atoms with Crippen molar-refractivity contribution in [2.75, 3.05) is 6.61 Å². The van der Waals surface area contributed by atoms with Crippen LogP contribution < -0.4 is 5.32 Å². The molecule has 0 aromatic heterocycles. The maximum Gasteiger partial charge on any atom is 0.322 e. The molecule has 1 saturated heterocycles. The number of aliphatic hydroxyl groups is 3. The molecule has 20 heavy (non-hydrogen) atoms. The van der Waals surface area contributed by atoms with Gasteiger partial charge in [-0.1, -0.05) is 0 Å². The summed E-state index contributed by atoms with van der Waals surface area (Å²) in [5, 5.41) is 30.3. The average Bonchev–Trinajstić information content (AvgIpc) is 2.60. The molecule has 10 heteroatoms. The highest BCUT2D eigenvalue weighted by Gasteiger charge is 2.68. The fraction of sp³-hybridized carbons (Fsp3) is 0.600. The van der Waals surface area contributed by atoms with E-state index in [2.05, 4.69) is 11.7 Å². The van der Waals surface area contributed by atoms with Gasteiger partial charge in [-0.25, -0.2) is 0 Å². The molecule has 0 spiro atoms. The van der Waals surface area contributed by atoms with Crippen LogP contribution in [0.15, 0.2) is 17.3 Å². The van der Waals surface area contributed by atoms with Gasteiger partial charge in [-0.05, 0) is 6.72 Å². The highest BCUT2D eigenvalue weighted by atomic mass is 19.3. The van der Waals surface area contributed by atoms with E-state index in [1.54, 1.807) is 0 Å². The second kappa shape index (κ2) is 4.74.